The number of amides is 1. The molecule has 126 valence electrons. The van der Waals surface area contributed by atoms with E-state index in [1.165, 1.54) is 37.6 Å². The van der Waals surface area contributed by atoms with Crippen LogP contribution in [0.2, 0.25) is 0 Å². The average molecular weight is 397 g/mol. The monoisotopic (exact) mass is 396 g/mol. The van der Waals surface area contributed by atoms with Crippen LogP contribution >= 0.6 is 15.9 Å². The molecule has 0 aromatic heterocycles. The number of benzene rings is 2. The number of carbonyl (C=O) groups is 1. The molecule has 6 nitrogen and oxygen atoms in total. The Hall–Kier alpha value is -2.61. The fraction of sp³-hybridized carbons (Fsp3) is 0.125. The van der Waals surface area contributed by atoms with Gasteiger partial charge in [0.25, 0.3) is 5.91 Å². The molecule has 2 aromatic carbocycles. The lowest BCUT2D eigenvalue weighted by Gasteiger charge is -2.13. The topological polar surface area (TPSA) is 80.2 Å². The van der Waals surface area contributed by atoms with E-state index < -0.39 is 5.91 Å². The van der Waals surface area contributed by atoms with Crippen LogP contribution in [0.1, 0.15) is 5.56 Å². The molecule has 0 saturated heterocycles. The molecule has 2 N–H and O–H groups in total. The SMILES string of the molecule is COc1cc(C=NO)cc(Br)c1OCC(=O)Nc1ccc(F)cc1. The quantitative estimate of drug-likeness (QED) is 0.445. The summed E-state index contributed by atoms with van der Waals surface area (Å²) in [5.74, 6) is -0.0864. The van der Waals surface area contributed by atoms with Gasteiger partial charge in [-0.05, 0) is 52.3 Å². The number of nitrogens with one attached hydrogen (secondary N) is 1. The normalized spacial score (nSPS) is 10.6. The number of hydrogen-bond acceptors (Lipinski definition) is 5. The minimum atomic E-state index is -0.406. The molecule has 0 aliphatic carbocycles. The van der Waals surface area contributed by atoms with Crippen molar-refractivity contribution in [3.8, 4) is 11.5 Å². The van der Waals surface area contributed by atoms with Crippen molar-refractivity contribution in [2.45, 2.75) is 0 Å². The maximum Gasteiger partial charge on any atom is 0.262 e. The summed E-state index contributed by atoms with van der Waals surface area (Å²) in [7, 11) is 1.45. The van der Waals surface area contributed by atoms with Crippen molar-refractivity contribution in [1.82, 2.24) is 0 Å². The van der Waals surface area contributed by atoms with E-state index in [1.54, 1.807) is 12.1 Å². The van der Waals surface area contributed by atoms with E-state index in [1.807, 2.05) is 0 Å². The van der Waals surface area contributed by atoms with Crippen LogP contribution in [0.5, 0.6) is 11.5 Å². The Bertz CT molecular complexity index is 750. The molecule has 0 fully saturated rings. The van der Waals surface area contributed by atoms with Crippen LogP contribution in [0.3, 0.4) is 0 Å². The van der Waals surface area contributed by atoms with Crippen molar-refractivity contribution in [1.29, 1.82) is 0 Å². The highest BCUT2D eigenvalue weighted by atomic mass is 79.9. The van der Waals surface area contributed by atoms with Crippen LogP contribution in [0.4, 0.5) is 10.1 Å². The lowest BCUT2D eigenvalue weighted by Crippen LogP contribution is -2.20. The predicted octanol–water partition coefficient (Wildman–Crippen LogP) is 3.42. The third-order valence-corrected chi connectivity index (χ3v) is 3.52. The second-order valence-corrected chi connectivity index (χ2v) is 5.48. The molecule has 24 heavy (non-hydrogen) atoms. The first kappa shape index (κ1) is 17.7. The standard InChI is InChI=1S/C16H14BrFN2O4/c1-23-14-7-10(8-19-22)6-13(17)16(14)24-9-15(21)20-12-4-2-11(18)3-5-12/h2-8,22H,9H2,1H3,(H,20,21). The number of halogens is 2. The van der Waals surface area contributed by atoms with Gasteiger partial charge < -0.3 is 20.0 Å². The number of nitrogens with zero attached hydrogens (tertiary/aromatic N) is 1. The molecule has 0 bridgehead atoms. The first-order chi connectivity index (χ1) is 11.5. The summed E-state index contributed by atoms with van der Waals surface area (Å²) in [5, 5.41) is 14.1. The first-order valence-corrected chi connectivity index (χ1v) is 7.56. The van der Waals surface area contributed by atoms with Gasteiger partial charge in [0.2, 0.25) is 0 Å². The highest BCUT2D eigenvalue weighted by Crippen LogP contribution is 2.36. The maximum absolute atomic E-state index is 12.8. The minimum absolute atomic E-state index is 0.264. The van der Waals surface area contributed by atoms with Crippen LogP contribution in [-0.2, 0) is 4.79 Å². The van der Waals surface area contributed by atoms with Gasteiger partial charge >= 0.3 is 0 Å². The summed E-state index contributed by atoms with van der Waals surface area (Å²) in [6, 6.07) is 8.64. The van der Waals surface area contributed by atoms with Crippen molar-refractivity contribution < 1.29 is 23.9 Å². The van der Waals surface area contributed by atoms with Crippen molar-refractivity contribution in [3.05, 3.63) is 52.3 Å². The second-order valence-electron chi connectivity index (χ2n) is 4.62. The van der Waals surface area contributed by atoms with Crippen molar-refractivity contribution in [2.75, 3.05) is 19.0 Å². The Morgan fingerprint density at radius 3 is 2.71 bits per heavy atom. The van der Waals surface area contributed by atoms with Crippen LogP contribution < -0.4 is 14.8 Å². The summed E-state index contributed by atoms with van der Waals surface area (Å²) in [6.45, 7) is -0.264. The highest BCUT2D eigenvalue weighted by molar-refractivity contribution is 9.10. The van der Waals surface area contributed by atoms with Crippen molar-refractivity contribution in [2.24, 2.45) is 5.16 Å². The molecule has 0 aliphatic rings. The van der Waals surface area contributed by atoms with E-state index in [0.717, 1.165) is 0 Å². The van der Waals surface area contributed by atoms with E-state index in [2.05, 4.69) is 26.4 Å². The Kier molecular flexibility index (Phi) is 6.14. The summed E-state index contributed by atoms with van der Waals surface area (Å²) >= 11 is 3.31. The predicted molar refractivity (Wildman–Crippen MR) is 90.6 cm³/mol. The van der Waals surface area contributed by atoms with Gasteiger partial charge in [0, 0.05) is 11.3 Å². The molecule has 2 rings (SSSR count). The number of ether oxygens (including phenoxy) is 2. The lowest BCUT2D eigenvalue weighted by atomic mass is 10.2. The molecule has 0 aliphatic heterocycles. The third-order valence-electron chi connectivity index (χ3n) is 2.93. The first-order valence-electron chi connectivity index (χ1n) is 6.76. The van der Waals surface area contributed by atoms with E-state index in [4.69, 9.17) is 14.7 Å². The molecule has 0 radical (unpaired) electrons. The minimum Gasteiger partial charge on any atom is -0.493 e. The molecule has 8 heteroatoms. The molecule has 0 saturated carbocycles. The fourth-order valence-corrected chi connectivity index (χ4v) is 2.46. The van der Waals surface area contributed by atoms with E-state index in [0.29, 0.717) is 27.2 Å². The van der Waals surface area contributed by atoms with Crippen molar-refractivity contribution >= 4 is 33.7 Å². The molecule has 0 unspecified atom stereocenters. The Balaban J connectivity index is 2.05. The number of carbonyl (C=O) groups excluding carboxylic acids is 1. The molecule has 2 aromatic rings. The Morgan fingerprint density at radius 2 is 2.08 bits per heavy atom. The highest BCUT2D eigenvalue weighted by Gasteiger charge is 2.13. The molecule has 0 heterocycles. The number of oxime groups is 1. The summed E-state index contributed by atoms with van der Waals surface area (Å²) in [5.41, 5.74) is 1.05. The number of methoxy groups -OCH3 is 1. The lowest BCUT2D eigenvalue weighted by molar-refractivity contribution is -0.118. The van der Waals surface area contributed by atoms with E-state index in [-0.39, 0.29) is 12.4 Å². The van der Waals surface area contributed by atoms with E-state index >= 15 is 0 Å². The van der Waals surface area contributed by atoms with Gasteiger partial charge in [0.05, 0.1) is 17.8 Å². The number of hydrogen-bond donors (Lipinski definition) is 2. The summed E-state index contributed by atoms with van der Waals surface area (Å²) in [4.78, 5) is 11.9. The number of rotatable bonds is 6. The van der Waals surface area contributed by atoms with Crippen LogP contribution in [-0.4, -0.2) is 31.0 Å². The van der Waals surface area contributed by atoms with Gasteiger partial charge in [-0.2, -0.15) is 0 Å². The van der Waals surface area contributed by atoms with Gasteiger partial charge in [-0.25, -0.2) is 4.39 Å². The van der Waals surface area contributed by atoms with Gasteiger partial charge in [0.15, 0.2) is 18.1 Å². The smallest absolute Gasteiger partial charge is 0.262 e. The summed E-state index contributed by atoms with van der Waals surface area (Å²) < 4.78 is 24.1. The zero-order chi connectivity index (χ0) is 17.5. The molecular formula is C16H14BrFN2O4. The van der Waals surface area contributed by atoms with Crippen LogP contribution in [0.25, 0.3) is 0 Å². The third kappa shape index (κ3) is 4.69. The van der Waals surface area contributed by atoms with Gasteiger partial charge in [-0.1, -0.05) is 5.16 Å². The molecule has 0 spiro atoms. The zero-order valence-electron chi connectivity index (χ0n) is 12.6. The number of anilines is 1. The maximum atomic E-state index is 12.8. The molecular weight excluding hydrogens is 383 g/mol. The average Bonchev–Trinajstić information content (AvgIpc) is 2.56. The molecule has 1 amide bonds. The van der Waals surface area contributed by atoms with Gasteiger partial charge in [-0.3, -0.25) is 4.79 Å². The largest absolute Gasteiger partial charge is 0.493 e. The van der Waals surface area contributed by atoms with Gasteiger partial charge in [-0.15, -0.1) is 0 Å². The second kappa shape index (κ2) is 8.30. The summed E-state index contributed by atoms with van der Waals surface area (Å²) in [6.07, 6.45) is 1.23. The zero-order valence-corrected chi connectivity index (χ0v) is 14.2. The van der Waals surface area contributed by atoms with Crippen molar-refractivity contribution in [3.63, 3.8) is 0 Å². The Morgan fingerprint density at radius 1 is 1.38 bits per heavy atom. The fourth-order valence-electron chi connectivity index (χ4n) is 1.89. The van der Waals surface area contributed by atoms with Crippen LogP contribution in [0.15, 0.2) is 46.0 Å². The van der Waals surface area contributed by atoms with Crippen LogP contribution in [0, 0.1) is 5.82 Å². The Labute approximate surface area is 146 Å². The van der Waals surface area contributed by atoms with Gasteiger partial charge in [0.1, 0.15) is 5.82 Å². The van der Waals surface area contributed by atoms with E-state index in [9.17, 15) is 9.18 Å². The molecule has 0 atom stereocenters.